The molecule has 5 heteroatoms. The van der Waals surface area contributed by atoms with Crippen LogP contribution in [0.2, 0.25) is 0 Å². The highest BCUT2D eigenvalue weighted by Crippen LogP contribution is 2.25. The average molecular weight is 286 g/mol. The van der Waals surface area contributed by atoms with Gasteiger partial charge in [-0.1, -0.05) is 13.0 Å². The summed E-state index contributed by atoms with van der Waals surface area (Å²) in [6.45, 7) is 5.34. The molecule has 20 heavy (non-hydrogen) atoms. The second kappa shape index (κ2) is 5.73. The predicted octanol–water partition coefficient (Wildman–Crippen LogP) is 3.52. The predicted molar refractivity (Wildman–Crippen MR) is 83.0 cm³/mol. The number of thiazole rings is 1. The number of nitrogens with one attached hydrogen (secondary N) is 1. The Balaban J connectivity index is 1.85. The lowest BCUT2D eigenvalue weighted by Crippen LogP contribution is -2.19. The first-order chi connectivity index (χ1) is 9.78. The van der Waals surface area contributed by atoms with Crippen LogP contribution in [0.25, 0.3) is 16.3 Å². The Kier molecular flexibility index (Phi) is 3.80. The molecule has 1 unspecified atom stereocenters. The Morgan fingerprint density at radius 2 is 2.25 bits per heavy atom. The fraction of sp³-hybridized carbons (Fsp3) is 0.333. The first-order valence-corrected chi connectivity index (χ1v) is 7.79. The van der Waals surface area contributed by atoms with Crippen LogP contribution in [0.15, 0.2) is 36.0 Å². The summed E-state index contributed by atoms with van der Waals surface area (Å²) in [5.41, 5.74) is 2.99. The van der Waals surface area contributed by atoms with Crippen molar-refractivity contribution in [2.75, 3.05) is 6.54 Å². The second-order valence-electron chi connectivity index (χ2n) is 4.85. The standard InChI is InChI=1S/C15H18N4S/c1-3-7-16-11(2)13-10-20-15(18-13)12-9-19-8-5-4-6-14(19)17-12/h4-6,8-11,16H,3,7H2,1-2H3. The van der Waals surface area contributed by atoms with E-state index < -0.39 is 0 Å². The summed E-state index contributed by atoms with van der Waals surface area (Å²) in [6, 6.07) is 6.29. The van der Waals surface area contributed by atoms with E-state index >= 15 is 0 Å². The third kappa shape index (κ3) is 2.59. The molecule has 3 aromatic heterocycles. The van der Waals surface area contributed by atoms with E-state index in [0.717, 1.165) is 35.0 Å². The van der Waals surface area contributed by atoms with Crippen LogP contribution < -0.4 is 5.32 Å². The molecule has 1 N–H and O–H groups in total. The lowest BCUT2D eigenvalue weighted by atomic mass is 10.2. The Hall–Kier alpha value is -1.72. The van der Waals surface area contributed by atoms with Gasteiger partial charge >= 0.3 is 0 Å². The minimum atomic E-state index is 0.289. The van der Waals surface area contributed by atoms with Gasteiger partial charge in [0.2, 0.25) is 0 Å². The molecule has 104 valence electrons. The first-order valence-electron chi connectivity index (χ1n) is 6.91. The zero-order valence-electron chi connectivity index (χ0n) is 11.7. The van der Waals surface area contributed by atoms with Crippen LogP contribution in [0.3, 0.4) is 0 Å². The van der Waals surface area contributed by atoms with E-state index in [9.17, 15) is 0 Å². The van der Waals surface area contributed by atoms with Crippen molar-refractivity contribution in [1.29, 1.82) is 0 Å². The number of hydrogen-bond acceptors (Lipinski definition) is 4. The van der Waals surface area contributed by atoms with Gasteiger partial charge in [-0.2, -0.15) is 0 Å². The van der Waals surface area contributed by atoms with Gasteiger partial charge in [0.15, 0.2) is 0 Å². The molecule has 0 spiro atoms. The largest absolute Gasteiger partial charge is 0.309 e. The molecular weight excluding hydrogens is 268 g/mol. The van der Waals surface area contributed by atoms with Crippen LogP contribution in [-0.4, -0.2) is 20.9 Å². The maximum Gasteiger partial charge on any atom is 0.143 e. The summed E-state index contributed by atoms with van der Waals surface area (Å²) in [7, 11) is 0. The van der Waals surface area contributed by atoms with Crippen LogP contribution in [0.1, 0.15) is 32.0 Å². The maximum absolute atomic E-state index is 4.71. The van der Waals surface area contributed by atoms with Crippen LogP contribution in [0, 0.1) is 0 Å². The van der Waals surface area contributed by atoms with Crippen molar-refractivity contribution in [3.05, 3.63) is 41.7 Å². The van der Waals surface area contributed by atoms with E-state index in [2.05, 4.69) is 29.5 Å². The molecule has 3 aromatic rings. The Bertz CT molecular complexity index is 668. The number of pyridine rings is 1. The fourth-order valence-corrected chi connectivity index (χ4v) is 2.97. The van der Waals surface area contributed by atoms with Crippen LogP contribution in [-0.2, 0) is 0 Å². The normalized spacial score (nSPS) is 12.9. The minimum absolute atomic E-state index is 0.289. The molecule has 0 saturated heterocycles. The van der Waals surface area contributed by atoms with E-state index in [1.54, 1.807) is 11.3 Å². The minimum Gasteiger partial charge on any atom is -0.309 e. The molecule has 4 nitrogen and oxygen atoms in total. The van der Waals surface area contributed by atoms with Gasteiger partial charge in [0.1, 0.15) is 16.3 Å². The summed E-state index contributed by atoms with van der Waals surface area (Å²) in [5, 5.41) is 6.56. The van der Waals surface area contributed by atoms with Gasteiger partial charge in [0.25, 0.3) is 0 Å². The number of fused-ring (bicyclic) bond motifs is 1. The van der Waals surface area contributed by atoms with Gasteiger partial charge in [0.05, 0.1) is 5.69 Å². The van der Waals surface area contributed by atoms with Crippen molar-refractivity contribution in [2.24, 2.45) is 0 Å². The molecule has 0 aliphatic heterocycles. The number of nitrogens with zero attached hydrogens (tertiary/aromatic N) is 3. The number of hydrogen-bond donors (Lipinski definition) is 1. The van der Waals surface area contributed by atoms with E-state index in [4.69, 9.17) is 4.98 Å². The van der Waals surface area contributed by atoms with Gasteiger partial charge in [-0.25, -0.2) is 9.97 Å². The number of rotatable bonds is 5. The number of aromatic nitrogens is 3. The summed E-state index contributed by atoms with van der Waals surface area (Å²) in [6.07, 6.45) is 5.17. The highest BCUT2D eigenvalue weighted by atomic mass is 32.1. The summed E-state index contributed by atoms with van der Waals surface area (Å²) < 4.78 is 2.02. The highest BCUT2D eigenvalue weighted by molar-refractivity contribution is 7.13. The monoisotopic (exact) mass is 286 g/mol. The summed E-state index contributed by atoms with van der Waals surface area (Å²) >= 11 is 1.65. The van der Waals surface area contributed by atoms with Crippen molar-refractivity contribution in [2.45, 2.75) is 26.3 Å². The molecule has 0 bridgehead atoms. The highest BCUT2D eigenvalue weighted by Gasteiger charge is 2.12. The second-order valence-corrected chi connectivity index (χ2v) is 5.70. The van der Waals surface area contributed by atoms with Crippen molar-refractivity contribution in [1.82, 2.24) is 19.7 Å². The third-order valence-corrected chi connectivity index (χ3v) is 4.13. The van der Waals surface area contributed by atoms with E-state index in [-0.39, 0.29) is 6.04 Å². The van der Waals surface area contributed by atoms with Gasteiger partial charge in [0, 0.05) is 23.8 Å². The topological polar surface area (TPSA) is 42.2 Å². The molecule has 0 aromatic carbocycles. The van der Waals surface area contributed by atoms with Crippen LogP contribution >= 0.6 is 11.3 Å². The van der Waals surface area contributed by atoms with Crippen LogP contribution in [0.4, 0.5) is 0 Å². The maximum atomic E-state index is 4.71. The van der Waals surface area contributed by atoms with E-state index in [0.29, 0.717) is 0 Å². The summed E-state index contributed by atoms with van der Waals surface area (Å²) in [5.74, 6) is 0. The molecule has 0 radical (unpaired) electrons. The molecule has 3 rings (SSSR count). The Morgan fingerprint density at radius 3 is 3.05 bits per heavy atom. The molecule has 0 saturated carbocycles. The van der Waals surface area contributed by atoms with Gasteiger partial charge < -0.3 is 9.72 Å². The lowest BCUT2D eigenvalue weighted by molar-refractivity contribution is 0.561. The van der Waals surface area contributed by atoms with Gasteiger partial charge in [-0.05, 0) is 32.0 Å². The molecule has 0 amide bonds. The molecule has 0 aliphatic carbocycles. The van der Waals surface area contributed by atoms with Crippen molar-refractivity contribution in [3.63, 3.8) is 0 Å². The molecule has 0 aliphatic rings. The molecule has 0 fully saturated rings. The summed E-state index contributed by atoms with van der Waals surface area (Å²) in [4.78, 5) is 9.32. The molecule has 3 heterocycles. The zero-order chi connectivity index (χ0) is 13.9. The SMILES string of the molecule is CCCNC(C)c1csc(-c2cn3ccccc3n2)n1. The van der Waals surface area contributed by atoms with E-state index in [1.165, 1.54) is 0 Å². The fourth-order valence-electron chi connectivity index (χ4n) is 2.11. The van der Waals surface area contributed by atoms with Gasteiger partial charge in [-0.15, -0.1) is 11.3 Å². The first kappa shape index (κ1) is 13.3. The van der Waals surface area contributed by atoms with Crippen LogP contribution in [0.5, 0.6) is 0 Å². The van der Waals surface area contributed by atoms with Crippen molar-refractivity contribution >= 4 is 17.0 Å². The lowest BCUT2D eigenvalue weighted by Gasteiger charge is -2.09. The van der Waals surface area contributed by atoms with E-state index in [1.807, 2.05) is 35.0 Å². The van der Waals surface area contributed by atoms with Crippen molar-refractivity contribution < 1.29 is 0 Å². The molecule has 1 atom stereocenters. The zero-order valence-corrected chi connectivity index (χ0v) is 12.5. The average Bonchev–Trinajstić information content (AvgIpc) is 3.10. The van der Waals surface area contributed by atoms with Gasteiger partial charge in [-0.3, -0.25) is 0 Å². The van der Waals surface area contributed by atoms with Crippen molar-refractivity contribution in [3.8, 4) is 10.7 Å². The Labute approximate surface area is 122 Å². The molecular formula is C15H18N4S. The quantitative estimate of drug-likeness (QED) is 0.780. The smallest absolute Gasteiger partial charge is 0.143 e. The number of imidazole rings is 1. The third-order valence-electron chi connectivity index (χ3n) is 3.25. The Morgan fingerprint density at radius 1 is 1.35 bits per heavy atom.